The van der Waals surface area contributed by atoms with E-state index in [-0.39, 0.29) is 17.3 Å². The molecule has 138 valence electrons. The summed E-state index contributed by atoms with van der Waals surface area (Å²) in [7, 11) is -3.61. The first kappa shape index (κ1) is 18.8. The summed E-state index contributed by atoms with van der Waals surface area (Å²) < 4.78 is 27.1. The second-order valence-corrected chi connectivity index (χ2v) is 8.74. The van der Waals surface area contributed by atoms with Crippen molar-refractivity contribution in [2.24, 2.45) is 5.92 Å². The summed E-state index contributed by atoms with van der Waals surface area (Å²) in [6.07, 6.45) is 2.77. The van der Waals surface area contributed by atoms with Gasteiger partial charge in [0.2, 0.25) is 15.9 Å². The summed E-state index contributed by atoms with van der Waals surface area (Å²) >= 11 is 5.90. The van der Waals surface area contributed by atoms with Gasteiger partial charge in [-0.25, -0.2) is 13.4 Å². The predicted molar refractivity (Wildman–Crippen MR) is 101 cm³/mol. The monoisotopic (exact) mass is 393 g/mol. The number of pyridine rings is 1. The molecule has 1 unspecified atom stereocenters. The van der Waals surface area contributed by atoms with Crippen LogP contribution in [-0.4, -0.2) is 36.7 Å². The normalized spacial score (nSPS) is 18.5. The molecule has 0 radical (unpaired) electrons. The zero-order valence-electron chi connectivity index (χ0n) is 14.4. The van der Waals surface area contributed by atoms with Crippen LogP contribution in [0.4, 0.5) is 5.82 Å². The highest BCUT2D eigenvalue weighted by molar-refractivity contribution is 7.89. The average Bonchev–Trinajstić information content (AvgIpc) is 2.62. The summed E-state index contributed by atoms with van der Waals surface area (Å²) in [5, 5.41) is 3.19. The second-order valence-electron chi connectivity index (χ2n) is 6.36. The molecule has 3 rings (SSSR count). The molecule has 1 aromatic heterocycles. The molecule has 0 spiro atoms. The highest BCUT2D eigenvalue weighted by atomic mass is 35.5. The molecule has 1 saturated heterocycles. The zero-order valence-corrected chi connectivity index (χ0v) is 15.9. The third-order valence-electron chi connectivity index (χ3n) is 4.39. The van der Waals surface area contributed by atoms with Gasteiger partial charge in [0.15, 0.2) is 0 Å². The minimum Gasteiger partial charge on any atom is -0.310 e. The number of hydrogen-bond donors (Lipinski definition) is 1. The van der Waals surface area contributed by atoms with Gasteiger partial charge in [0.25, 0.3) is 0 Å². The van der Waals surface area contributed by atoms with Crippen LogP contribution in [0.1, 0.15) is 18.4 Å². The highest BCUT2D eigenvalue weighted by Crippen LogP contribution is 2.25. The fourth-order valence-corrected chi connectivity index (χ4v) is 4.62. The second kappa shape index (κ2) is 7.73. The van der Waals surface area contributed by atoms with E-state index in [0.29, 0.717) is 30.2 Å². The van der Waals surface area contributed by atoms with Gasteiger partial charge in [-0.15, -0.1) is 0 Å². The Labute approximate surface area is 158 Å². The number of amides is 1. The smallest absolute Gasteiger partial charge is 0.243 e. The van der Waals surface area contributed by atoms with Crippen molar-refractivity contribution < 1.29 is 13.2 Å². The number of anilines is 1. The lowest BCUT2D eigenvalue weighted by atomic mass is 9.99. The molecule has 26 heavy (non-hydrogen) atoms. The van der Waals surface area contributed by atoms with Crippen LogP contribution in [0.2, 0.25) is 5.02 Å². The number of piperidine rings is 1. The van der Waals surface area contributed by atoms with Crippen molar-refractivity contribution in [2.75, 3.05) is 18.4 Å². The topological polar surface area (TPSA) is 79.4 Å². The third-order valence-corrected chi connectivity index (χ3v) is 6.50. The standard InChI is InChI=1S/C18H20ClN3O3S/c1-13-4-6-16(7-5-13)26(24,25)22-10-2-3-14(12-22)18(23)21-17-11-15(19)8-9-20-17/h4-9,11,14H,2-3,10,12H2,1H3,(H,20,21,23). The Balaban J connectivity index is 1.72. The van der Waals surface area contributed by atoms with Crippen molar-refractivity contribution in [3.8, 4) is 0 Å². The lowest BCUT2D eigenvalue weighted by molar-refractivity contribution is -0.120. The molecule has 8 heteroatoms. The molecule has 2 aromatic rings. The average molecular weight is 394 g/mol. The molecule has 1 atom stereocenters. The maximum absolute atomic E-state index is 12.8. The molecule has 1 aliphatic rings. The first-order chi connectivity index (χ1) is 12.4. The van der Waals surface area contributed by atoms with E-state index >= 15 is 0 Å². The number of carbonyl (C=O) groups excluding carboxylic acids is 1. The summed E-state index contributed by atoms with van der Waals surface area (Å²) in [6.45, 7) is 2.47. The molecule has 0 bridgehead atoms. The lowest BCUT2D eigenvalue weighted by Gasteiger charge is -2.31. The molecule has 1 aromatic carbocycles. The Morgan fingerprint density at radius 2 is 2.00 bits per heavy atom. The first-order valence-electron chi connectivity index (χ1n) is 8.35. The first-order valence-corrected chi connectivity index (χ1v) is 10.2. The van der Waals surface area contributed by atoms with Crippen molar-refractivity contribution in [3.05, 3.63) is 53.2 Å². The van der Waals surface area contributed by atoms with Crippen LogP contribution >= 0.6 is 11.6 Å². The van der Waals surface area contributed by atoms with E-state index in [1.807, 2.05) is 6.92 Å². The number of aryl methyl sites for hydroxylation is 1. The van der Waals surface area contributed by atoms with Crippen LogP contribution in [0, 0.1) is 12.8 Å². The molecule has 2 heterocycles. The number of benzene rings is 1. The number of carbonyl (C=O) groups is 1. The molecule has 1 N–H and O–H groups in total. The SMILES string of the molecule is Cc1ccc(S(=O)(=O)N2CCCC(C(=O)Nc3cc(Cl)ccn3)C2)cc1. The van der Waals surface area contributed by atoms with Crippen LogP contribution in [0.25, 0.3) is 0 Å². The predicted octanol–water partition coefficient (Wildman–Crippen LogP) is 3.08. The number of sulfonamides is 1. The van der Waals surface area contributed by atoms with Crippen molar-refractivity contribution in [2.45, 2.75) is 24.7 Å². The maximum Gasteiger partial charge on any atom is 0.243 e. The molecule has 1 aliphatic heterocycles. The van der Waals surface area contributed by atoms with Gasteiger partial charge in [0, 0.05) is 24.3 Å². The van der Waals surface area contributed by atoms with E-state index < -0.39 is 15.9 Å². The van der Waals surface area contributed by atoms with Crippen molar-refractivity contribution in [1.29, 1.82) is 0 Å². The number of nitrogens with zero attached hydrogens (tertiary/aromatic N) is 2. The Bertz CT molecular complexity index is 900. The molecular weight excluding hydrogens is 374 g/mol. The van der Waals surface area contributed by atoms with Gasteiger partial charge in [0.1, 0.15) is 5.82 Å². The van der Waals surface area contributed by atoms with Crippen LogP contribution in [0.3, 0.4) is 0 Å². The molecule has 0 saturated carbocycles. The van der Waals surface area contributed by atoms with Crippen LogP contribution in [0.5, 0.6) is 0 Å². The van der Waals surface area contributed by atoms with Crippen LogP contribution in [0.15, 0.2) is 47.5 Å². The molecular formula is C18H20ClN3O3S. The van der Waals surface area contributed by atoms with Gasteiger partial charge in [0.05, 0.1) is 10.8 Å². The lowest BCUT2D eigenvalue weighted by Crippen LogP contribution is -2.43. The molecule has 6 nitrogen and oxygen atoms in total. The van der Waals surface area contributed by atoms with Crippen molar-refractivity contribution >= 4 is 33.3 Å². The van der Waals surface area contributed by atoms with Gasteiger partial charge in [-0.3, -0.25) is 4.79 Å². The van der Waals surface area contributed by atoms with Gasteiger partial charge in [-0.1, -0.05) is 29.3 Å². The number of nitrogens with one attached hydrogen (secondary N) is 1. The van der Waals surface area contributed by atoms with Crippen LogP contribution in [-0.2, 0) is 14.8 Å². The molecule has 1 amide bonds. The number of aromatic nitrogens is 1. The number of rotatable bonds is 4. The maximum atomic E-state index is 12.8. The largest absolute Gasteiger partial charge is 0.310 e. The van der Waals surface area contributed by atoms with Gasteiger partial charge >= 0.3 is 0 Å². The van der Waals surface area contributed by atoms with Crippen molar-refractivity contribution in [3.63, 3.8) is 0 Å². The summed E-state index contributed by atoms with van der Waals surface area (Å²) in [5.41, 5.74) is 0.994. The Hall–Kier alpha value is -1.96. The highest BCUT2D eigenvalue weighted by Gasteiger charge is 2.33. The minimum absolute atomic E-state index is 0.155. The summed E-state index contributed by atoms with van der Waals surface area (Å²) in [6, 6.07) is 9.92. The number of halogens is 1. The van der Waals surface area contributed by atoms with E-state index in [2.05, 4.69) is 10.3 Å². The Morgan fingerprint density at radius 1 is 1.27 bits per heavy atom. The Morgan fingerprint density at radius 3 is 2.69 bits per heavy atom. The van der Waals surface area contributed by atoms with E-state index in [0.717, 1.165) is 5.56 Å². The van der Waals surface area contributed by atoms with E-state index in [1.165, 1.54) is 10.5 Å². The molecule has 0 aliphatic carbocycles. The summed E-state index contributed by atoms with van der Waals surface area (Å²) in [4.78, 5) is 16.8. The Kier molecular flexibility index (Phi) is 5.60. The minimum atomic E-state index is -3.61. The van der Waals surface area contributed by atoms with Gasteiger partial charge in [-0.05, 0) is 44.0 Å². The fraction of sp³-hybridized carbons (Fsp3) is 0.333. The number of hydrogen-bond acceptors (Lipinski definition) is 4. The molecule has 1 fully saturated rings. The zero-order chi connectivity index (χ0) is 18.7. The van der Waals surface area contributed by atoms with Crippen molar-refractivity contribution in [1.82, 2.24) is 9.29 Å². The van der Waals surface area contributed by atoms with Crippen LogP contribution < -0.4 is 5.32 Å². The van der Waals surface area contributed by atoms with E-state index in [4.69, 9.17) is 11.6 Å². The van der Waals surface area contributed by atoms with E-state index in [1.54, 1.807) is 36.4 Å². The summed E-state index contributed by atoms with van der Waals surface area (Å²) in [5.74, 6) is -0.311. The quantitative estimate of drug-likeness (QED) is 0.865. The van der Waals surface area contributed by atoms with E-state index in [9.17, 15) is 13.2 Å². The van der Waals surface area contributed by atoms with Gasteiger partial charge in [-0.2, -0.15) is 4.31 Å². The third kappa shape index (κ3) is 4.23. The fourth-order valence-electron chi connectivity index (χ4n) is 2.94. The van der Waals surface area contributed by atoms with Gasteiger partial charge < -0.3 is 5.32 Å².